The van der Waals surface area contributed by atoms with Gasteiger partial charge in [0.05, 0.1) is 0 Å². The lowest BCUT2D eigenvalue weighted by atomic mass is 10.00. The van der Waals surface area contributed by atoms with E-state index >= 15 is 0 Å². The number of hydrogen-bond acceptors (Lipinski definition) is 2. The van der Waals surface area contributed by atoms with Gasteiger partial charge in [0.2, 0.25) is 0 Å². The van der Waals surface area contributed by atoms with Crippen molar-refractivity contribution in [3.63, 3.8) is 0 Å². The Morgan fingerprint density at radius 3 is 2.93 bits per heavy atom. The molecule has 1 aromatic heterocycles. The van der Waals surface area contributed by atoms with Crippen LogP contribution in [0.4, 0.5) is 0 Å². The number of carbonyl (C=O) groups is 1. The number of nitrogens with zero attached hydrogens (tertiary/aromatic N) is 1. The van der Waals surface area contributed by atoms with E-state index in [2.05, 4.69) is 33.9 Å². The number of rotatable bonds is 7. The number of fused-ring (bicyclic) bond motifs is 2. The molecule has 1 aliphatic rings. The second-order valence-corrected chi connectivity index (χ2v) is 8.10. The Hall–Kier alpha value is -2.56. The molecule has 4 rings (SSSR count). The number of unbranched alkanes of at least 4 members (excludes halogenated alkanes) is 1. The average Bonchev–Trinajstić information content (AvgIpc) is 3.20. The van der Waals surface area contributed by atoms with Crippen LogP contribution in [-0.2, 0) is 17.8 Å². The molecule has 0 saturated heterocycles. The highest BCUT2D eigenvalue weighted by atomic mass is 35.5. The third-order valence-electron chi connectivity index (χ3n) is 5.62. The number of hydrogen-bond donors (Lipinski definition) is 2. The lowest BCUT2D eigenvalue weighted by Crippen LogP contribution is -2.32. The molecule has 1 amide bonds. The average molecular weight is 408 g/mol. The Morgan fingerprint density at radius 1 is 1.14 bits per heavy atom. The zero-order valence-corrected chi connectivity index (χ0v) is 17.3. The third kappa shape index (κ3) is 4.72. The molecule has 5 heteroatoms. The molecule has 2 N–H and O–H groups in total. The summed E-state index contributed by atoms with van der Waals surface area (Å²) in [5, 5.41) is 4.95. The molecule has 0 radical (unpaired) electrons. The minimum atomic E-state index is -0.0975. The van der Waals surface area contributed by atoms with Crippen LogP contribution >= 0.6 is 11.6 Å². The molecule has 150 valence electrons. The van der Waals surface area contributed by atoms with Crippen LogP contribution in [-0.4, -0.2) is 35.4 Å². The van der Waals surface area contributed by atoms with Gasteiger partial charge in [0, 0.05) is 41.9 Å². The highest BCUT2D eigenvalue weighted by molar-refractivity contribution is 6.30. The number of H-pyrrole nitrogens is 1. The zero-order chi connectivity index (χ0) is 20.2. The van der Waals surface area contributed by atoms with E-state index < -0.39 is 0 Å². The maximum Gasteiger partial charge on any atom is 0.251 e. The fourth-order valence-electron chi connectivity index (χ4n) is 3.91. The molecule has 3 aromatic rings. The van der Waals surface area contributed by atoms with Gasteiger partial charge < -0.3 is 10.3 Å². The minimum Gasteiger partial charge on any atom is -0.361 e. The first kappa shape index (κ1) is 19.7. The van der Waals surface area contributed by atoms with Gasteiger partial charge in [-0.3, -0.25) is 9.69 Å². The molecule has 2 aromatic carbocycles. The summed E-state index contributed by atoms with van der Waals surface area (Å²) in [6, 6.07) is 14.1. The van der Waals surface area contributed by atoms with E-state index in [9.17, 15) is 4.79 Å². The summed E-state index contributed by atoms with van der Waals surface area (Å²) in [4.78, 5) is 18.0. The Kier molecular flexibility index (Phi) is 6.02. The molecule has 4 nitrogen and oxygen atoms in total. The van der Waals surface area contributed by atoms with Gasteiger partial charge in [0.1, 0.15) is 0 Å². The summed E-state index contributed by atoms with van der Waals surface area (Å²) in [7, 11) is 0. The van der Waals surface area contributed by atoms with Crippen molar-refractivity contribution in [2.45, 2.75) is 25.8 Å². The number of carbonyl (C=O) groups excluding carboxylic acids is 1. The first-order valence-electron chi connectivity index (χ1n) is 10.1. The van der Waals surface area contributed by atoms with Gasteiger partial charge in [0.25, 0.3) is 5.91 Å². The van der Waals surface area contributed by atoms with Crippen molar-refractivity contribution >= 4 is 34.0 Å². The van der Waals surface area contributed by atoms with E-state index in [0.717, 1.165) is 60.4 Å². The molecule has 0 bridgehead atoms. The second kappa shape index (κ2) is 8.85. The summed E-state index contributed by atoms with van der Waals surface area (Å²) in [6.45, 7) is 7.74. The van der Waals surface area contributed by atoms with E-state index in [1.165, 1.54) is 11.1 Å². The highest BCUT2D eigenvalue weighted by Crippen LogP contribution is 2.23. The van der Waals surface area contributed by atoms with Crippen LogP contribution in [0.15, 0.2) is 55.2 Å². The molecule has 0 fully saturated rings. The normalized spacial score (nSPS) is 14.0. The minimum absolute atomic E-state index is 0.0975. The molecule has 0 unspecified atom stereocenters. The smallest absolute Gasteiger partial charge is 0.251 e. The fraction of sp³-hybridized carbons (Fsp3) is 0.292. The van der Waals surface area contributed by atoms with Crippen LogP contribution in [0.2, 0.25) is 5.02 Å². The maximum absolute atomic E-state index is 12.4. The Morgan fingerprint density at radius 2 is 2.03 bits per heavy atom. The fourth-order valence-corrected chi connectivity index (χ4v) is 4.10. The summed E-state index contributed by atoms with van der Waals surface area (Å²) >= 11 is 6.08. The molecule has 1 aliphatic heterocycles. The van der Waals surface area contributed by atoms with E-state index in [0.29, 0.717) is 12.1 Å². The molecule has 0 atom stereocenters. The number of aromatic amines is 1. The molecule has 2 heterocycles. The van der Waals surface area contributed by atoms with Crippen LogP contribution in [0.3, 0.4) is 0 Å². The SMILES string of the molecule is C=C(C(=O)NCCCCN1CCc2cc(Cl)ccc2C1)c1ccc2cc[nH]c2c1. The summed E-state index contributed by atoms with van der Waals surface area (Å²) in [5.74, 6) is -0.0975. The van der Waals surface area contributed by atoms with Gasteiger partial charge in [-0.2, -0.15) is 0 Å². The summed E-state index contributed by atoms with van der Waals surface area (Å²) in [5.41, 5.74) is 5.13. The molecular formula is C24H26ClN3O. The van der Waals surface area contributed by atoms with Crippen LogP contribution in [0.1, 0.15) is 29.5 Å². The van der Waals surface area contributed by atoms with Gasteiger partial charge in [-0.1, -0.05) is 36.4 Å². The van der Waals surface area contributed by atoms with Gasteiger partial charge in [-0.15, -0.1) is 0 Å². The molecule has 0 saturated carbocycles. The first-order chi connectivity index (χ1) is 14.1. The van der Waals surface area contributed by atoms with E-state index in [1.54, 1.807) is 0 Å². The lowest BCUT2D eigenvalue weighted by molar-refractivity contribution is -0.115. The van der Waals surface area contributed by atoms with Gasteiger partial charge >= 0.3 is 0 Å². The highest BCUT2D eigenvalue weighted by Gasteiger charge is 2.16. The molecule has 0 aliphatic carbocycles. The Balaban J connectivity index is 1.19. The number of amides is 1. The van der Waals surface area contributed by atoms with Crippen molar-refractivity contribution in [3.8, 4) is 0 Å². The Labute approximate surface area is 176 Å². The van der Waals surface area contributed by atoms with Crippen molar-refractivity contribution in [3.05, 3.63) is 77.0 Å². The quantitative estimate of drug-likeness (QED) is 0.437. The van der Waals surface area contributed by atoms with Crippen molar-refractivity contribution in [1.29, 1.82) is 0 Å². The van der Waals surface area contributed by atoms with Crippen molar-refractivity contribution in [2.75, 3.05) is 19.6 Å². The van der Waals surface area contributed by atoms with Crippen molar-refractivity contribution in [2.24, 2.45) is 0 Å². The number of halogens is 1. The zero-order valence-electron chi connectivity index (χ0n) is 16.5. The lowest BCUT2D eigenvalue weighted by Gasteiger charge is -2.28. The summed E-state index contributed by atoms with van der Waals surface area (Å²) < 4.78 is 0. The Bertz CT molecular complexity index is 1040. The van der Waals surface area contributed by atoms with Gasteiger partial charge in [-0.05, 0) is 72.1 Å². The topological polar surface area (TPSA) is 48.1 Å². The van der Waals surface area contributed by atoms with Gasteiger partial charge in [0.15, 0.2) is 0 Å². The van der Waals surface area contributed by atoms with E-state index in [4.69, 9.17) is 11.6 Å². The van der Waals surface area contributed by atoms with E-state index in [-0.39, 0.29) is 5.91 Å². The van der Waals surface area contributed by atoms with Crippen LogP contribution in [0.5, 0.6) is 0 Å². The largest absolute Gasteiger partial charge is 0.361 e. The van der Waals surface area contributed by atoms with Crippen molar-refractivity contribution in [1.82, 2.24) is 15.2 Å². The predicted octanol–water partition coefficient (Wildman–Crippen LogP) is 4.79. The standard InChI is InChI=1S/C24H26ClN3O/c1-17(19-5-4-18-8-11-26-23(18)15-19)24(29)27-10-2-3-12-28-13-9-20-14-22(25)7-6-21(20)16-28/h4-8,11,14-15,26H,1-3,9-10,12-13,16H2,(H,27,29). The number of benzene rings is 2. The third-order valence-corrected chi connectivity index (χ3v) is 5.86. The maximum atomic E-state index is 12.4. The van der Waals surface area contributed by atoms with Crippen LogP contribution in [0, 0.1) is 0 Å². The number of aromatic nitrogens is 1. The summed E-state index contributed by atoms with van der Waals surface area (Å²) in [6.07, 6.45) is 4.97. The number of nitrogens with one attached hydrogen (secondary N) is 2. The monoisotopic (exact) mass is 407 g/mol. The van der Waals surface area contributed by atoms with Crippen LogP contribution < -0.4 is 5.32 Å². The molecular weight excluding hydrogens is 382 g/mol. The molecule has 29 heavy (non-hydrogen) atoms. The first-order valence-corrected chi connectivity index (χ1v) is 10.5. The van der Waals surface area contributed by atoms with Gasteiger partial charge in [-0.25, -0.2) is 0 Å². The predicted molar refractivity (Wildman–Crippen MR) is 120 cm³/mol. The van der Waals surface area contributed by atoms with E-state index in [1.807, 2.05) is 36.5 Å². The molecule has 0 spiro atoms. The van der Waals surface area contributed by atoms with Crippen LogP contribution in [0.25, 0.3) is 16.5 Å². The van der Waals surface area contributed by atoms with Crippen molar-refractivity contribution < 1.29 is 4.79 Å². The second-order valence-electron chi connectivity index (χ2n) is 7.66.